The third-order valence-electron chi connectivity index (χ3n) is 3.55. The third kappa shape index (κ3) is 1.69. The van der Waals surface area contributed by atoms with E-state index in [0.717, 1.165) is 25.2 Å². The van der Waals surface area contributed by atoms with Gasteiger partial charge in [0.2, 0.25) is 0 Å². The molecule has 1 aliphatic rings. The van der Waals surface area contributed by atoms with E-state index < -0.39 is 0 Å². The molecule has 2 aromatic rings. The fourth-order valence-electron chi connectivity index (χ4n) is 2.60. The Hall–Kier alpha value is -1.55. The van der Waals surface area contributed by atoms with E-state index in [1.807, 2.05) is 10.9 Å². The van der Waals surface area contributed by atoms with Crippen LogP contribution in [-0.4, -0.2) is 14.3 Å². The maximum Gasteiger partial charge on any atom is 0.158 e. The van der Waals surface area contributed by atoms with Crippen molar-refractivity contribution in [2.45, 2.75) is 38.8 Å². The zero-order chi connectivity index (χ0) is 11.8. The van der Waals surface area contributed by atoms with Crippen molar-refractivity contribution >= 4 is 0 Å². The van der Waals surface area contributed by atoms with Crippen LogP contribution in [0.2, 0.25) is 0 Å². The van der Waals surface area contributed by atoms with E-state index in [1.165, 1.54) is 17.7 Å². The van der Waals surface area contributed by atoms with E-state index in [2.05, 4.69) is 34.9 Å². The Labute approximate surface area is 101 Å². The molecule has 0 spiro atoms. The Kier molecular flexibility index (Phi) is 2.52. The summed E-state index contributed by atoms with van der Waals surface area (Å²) in [6.45, 7) is 3.00. The molecule has 0 saturated heterocycles. The van der Waals surface area contributed by atoms with Crippen LogP contribution in [0.15, 0.2) is 24.5 Å². The first-order valence-corrected chi connectivity index (χ1v) is 6.29. The van der Waals surface area contributed by atoms with Gasteiger partial charge in [0.25, 0.3) is 0 Å². The van der Waals surface area contributed by atoms with Crippen LogP contribution in [0.3, 0.4) is 0 Å². The Morgan fingerprint density at radius 1 is 1.41 bits per heavy atom. The lowest BCUT2D eigenvalue weighted by Crippen LogP contribution is -2.18. The van der Waals surface area contributed by atoms with Gasteiger partial charge in [0, 0.05) is 36.7 Å². The Balaban J connectivity index is 2.03. The van der Waals surface area contributed by atoms with Crippen LogP contribution in [0, 0.1) is 0 Å². The summed E-state index contributed by atoms with van der Waals surface area (Å²) in [5.74, 6) is 1.00. The molecule has 1 atom stereocenters. The normalized spacial score (nSPS) is 19.3. The molecular weight excluding hydrogens is 212 g/mol. The van der Waals surface area contributed by atoms with Crippen LogP contribution in [-0.2, 0) is 13.0 Å². The van der Waals surface area contributed by atoms with Crippen molar-refractivity contribution in [1.82, 2.24) is 14.3 Å². The molecule has 0 fully saturated rings. The predicted molar refractivity (Wildman–Crippen MR) is 67.1 cm³/mol. The average molecular weight is 230 g/mol. The molecule has 0 saturated carbocycles. The largest absolute Gasteiger partial charge is 0.324 e. The Bertz CT molecular complexity index is 523. The fourth-order valence-corrected chi connectivity index (χ4v) is 2.60. The number of nitrogens with zero attached hydrogens (tertiary/aromatic N) is 3. The first-order chi connectivity index (χ1) is 8.29. The number of rotatable bonds is 2. The summed E-state index contributed by atoms with van der Waals surface area (Å²) in [7, 11) is 0. The van der Waals surface area contributed by atoms with E-state index >= 15 is 0 Å². The van der Waals surface area contributed by atoms with Gasteiger partial charge in [-0.25, -0.2) is 0 Å². The predicted octanol–water partition coefficient (Wildman–Crippen LogP) is 2.03. The highest BCUT2D eigenvalue weighted by Crippen LogP contribution is 2.30. The van der Waals surface area contributed by atoms with Gasteiger partial charge in [-0.05, 0) is 37.8 Å². The molecule has 0 aromatic carbocycles. The minimum atomic E-state index is 0.202. The lowest BCUT2D eigenvalue weighted by molar-refractivity contribution is 0.558. The molecule has 1 aliphatic carbocycles. The fraction of sp³-hybridized carbons (Fsp3) is 0.462. The van der Waals surface area contributed by atoms with Crippen LogP contribution in [0.1, 0.15) is 37.1 Å². The van der Waals surface area contributed by atoms with Crippen molar-refractivity contribution < 1.29 is 0 Å². The Morgan fingerprint density at radius 3 is 3.06 bits per heavy atom. The second-order valence-corrected chi connectivity index (χ2v) is 4.62. The molecule has 4 heteroatoms. The molecule has 2 heterocycles. The van der Waals surface area contributed by atoms with Crippen LogP contribution >= 0.6 is 0 Å². The summed E-state index contributed by atoms with van der Waals surface area (Å²) >= 11 is 0. The van der Waals surface area contributed by atoms with Gasteiger partial charge in [-0.1, -0.05) is 0 Å². The molecule has 2 aromatic heterocycles. The molecule has 3 rings (SSSR count). The van der Waals surface area contributed by atoms with Gasteiger partial charge < -0.3 is 10.3 Å². The number of fused-ring (bicyclic) bond motifs is 1. The summed E-state index contributed by atoms with van der Waals surface area (Å²) in [5.41, 5.74) is 8.76. The molecule has 0 amide bonds. The van der Waals surface area contributed by atoms with Gasteiger partial charge in [0.05, 0.1) is 0 Å². The zero-order valence-electron chi connectivity index (χ0n) is 10.1. The smallest absolute Gasteiger partial charge is 0.158 e. The van der Waals surface area contributed by atoms with Gasteiger partial charge in [0.1, 0.15) is 0 Å². The van der Waals surface area contributed by atoms with Crippen LogP contribution in [0.5, 0.6) is 0 Å². The van der Waals surface area contributed by atoms with Crippen molar-refractivity contribution in [2.75, 3.05) is 0 Å². The standard InChI is InChI=1S/C13H18N4/c1-2-16-8-7-13(15-16)17-9-6-10-11(14)4-3-5-12(10)17/h6-9,11H,2-5,14H2,1H3. The minimum Gasteiger partial charge on any atom is -0.324 e. The van der Waals surface area contributed by atoms with Gasteiger partial charge >= 0.3 is 0 Å². The molecule has 2 N–H and O–H groups in total. The van der Waals surface area contributed by atoms with E-state index in [9.17, 15) is 0 Å². The Morgan fingerprint density at radius 2 is 2.29 bits per heavy atom. The van der Waals surface area contributed by atoms with Crippen molar-refractivity contribution in [3.63, 3.8) is 0 Å². The molecule has 1 unspecified atom stereocenters. The second-order valence-electron chi connectivity index (χ2n) is 4.62. The molecular formula is C13H18N4. The van der Waals surface area contributed by atoms with Crippen molar-refractivity contribution in [3.8, 4) is 5.82 Å². The summed E-state index contributed by atoms with van der Waals surface area (Å²) in [5, 5.41) is 4.54. The SMILES string of the molecule is CCn1ccc(-n2ccc3c2CCCC3N)n1. The third-order valence-corrected chi connectivity index (χ3v) is 3.55. The molecule has 0 radical (unpaired) electrons. The highest BCUT2D eigenvalue weighted by atomic mass is 15.3. The summed E-state index contributed by atoms with van der Waals surface area (Å²) in [4.78, 5) is 0. The maximum absolute atomic E-state index is 6.13. The number of aromatic nitrogens is 3. The van der Waals surface area contributed by atoms with E-state index in [4.69, 9.17) is 5.73 Å². The monoisotopic (exact) mass is 230 g/mol. The lowest BCUT2D eigenvalue weighted by atomic mass is 9.94. The van der Waals surface area contributed by atoms with Crippen LogP contribution in [0.25, 0.3) is 5.82 Å². The number of nitrogens with two attached hydrogens (primary N) is 1. The number of hydrogen-bond acceptors (Lipinski definition) is 2. The van der Waals surface area contributed by atoms with Gasteiger partial charge in [0.15, 0.2) is 5.82 Å². The summed E-state index contributed by atoms with van der Waals surface area (Å²) in [6.07, 6.45) is 7.49. The number of aryl methyl sites for hydroxylation is 1. The molecule has 90 valence electrons. The highest BCUT2D eigenvalue weighted by molar-refractivity contribution is 5.35. The molecule has 17 heavy (non-hydrogen) atoms. The summed E-state index contributed by atoms with van der Waals surface area (Å²) < 4.78 is 4.13. The van der Waals surface area contributed by atoms with Crippen molar-refractivity contribution in [1.29, 1.82) is 0 Å². The van der Waals surface area contributed by atoms with Gasteiger partial charge in [-0.15, -0.1) is 0 Å². The van der Waals surface area contributed by atoms with Crippen LogP contribution < -0.4 is 5.73 Å². The highest BCUT2D eigenvalue weighted by Gasteiger charge is 2.21. The van der Waals surface area contributed by atoms with Gasteiger partial charge in [-0.2, -0.15) is 5.10 Å². The van der Waals surface area contributed by atoms with Gasteiger partial charge in [-0.3, -0.25) is 4.68 Å². The second kappa shape index (κ2) is 4.04. The molecule has 0 bridgehead atoms. The first kappa shape index (κ1) is 10.6. The van der Waals surface area contributed by atoms with Crippen molar-refractivity contribution in [2.24, 2.45) is 5.73 Å². The quantitative estimate of drug-likeness (QED) is 0.858. The van der Waals surface area contributed by atoms with E-state index in [1.54, 1.807) is 0 Å². The topological polar surface area (TPSA) is 48.8 Å². The minimum absolute atomic E-state index is 0.202. The molecule has 0 aliphatic heterocycles. The van der Waals surface area contributed by atoms with Crippen molar-refractivity contribution in [3.05, 3.63) is 35.8 Å². The maximum atomic E-state index is 6.13. The lowest BCUT2D eigenvalue weighted by Gasteiger charge is -2.20. The first-order valence-electron chi connectivity index (χ1n) is 6.29. The average Bonchev–Trinajstić information content (AvgIpc) is 2.94. The van der Waals surface area contributed by atoms with E-state index in [-0.39, 0.29) is 6.04 Å². The summed E-state index contributed by atoms with van der Waals surface area (Å²) in [6, 6.07) is 4.40. The molecule has 4 nitrogen and oxygen atoms in total. The van der Waals surface area contributed by atoms with Crippen LogP contribution in [0.4, 0.5) is 0 Å². The number of hydrogen-bond donors (Lipinski definition) is 1. The van der Waals surface area contributed by atoms with E-state index in [0.29, 0.717) is 0 Å². The zero-order valence-corrected chi connectivity index (χ0v) is 10.1.